The SMILES string of the molecule is COc1ccccc1CNC(=O)CN1C(=O)N[C@](C)(c2ccc3c(c2)OCO3)C1=O. The van der Waals surface area contributed by atoms with Gasteiger partial charge in [-0.1, -0.05) is 24.3 Å². The standard InChI is InChI=1S/C21H21N3O6/c1-21(14-7-8-16-17(9-14)30-12-29-16)19(26)24(20(27)23-21)11-18(25)22-10-13-5-3-4-6-15(13)28-2/h3-9H,10-12H2,1-2H3,(H,22,25)(H,23,27)/t21-/m1/s1. The highest BCUT2D eigenvalue weighted by Gasteiger charge is 2.49. The highest BCUT2D eigenvalue weighted by atomic mass is 16.7. The third-order valence-corrected chi connectivity index (χ3v) is 5.20. The van der Waals surface area contributed by atoms with Gasteiger partial charge in [-0.2, -0.15) is 0 Å². The molecule has 2 aromatic carbocycles. The number of nitrogens with one attached hydrogen (secondary N) is 2. The molecule has 156 valence electrons. The van der Waals surface area contributed by atoms with E-state index in [1.54, 1.807) is 38.3 Å². The fraction of sp³-hybridized carbons (Fsp3) is 0.286. The van der Waals surface area contributed by atoms with Crippen molar-refractivity contribution in [2.75, 3.05) is 20.4 Å². The maximum Gasteiger partial charge on any atom is 0.325 e. The molecule has 2 N–H and O–H groups in total. The average Bonchev–Trinajstić information content (AvgIpc) is 3.30. The molecule has 0 radical (unpaired) electrons. The highest BCUT2D eigenvalue weighted by Crippen LogP contribution is 2.37. The summed E-state index contributed by atoms with van der Waals surface area (Å²) in [5, 5.41) is 5.39. The van der Waals surface area contributed by atoms with E-state index in [0.717, 1.165) is 10.5 Å². The second kappa shape index (κ2) is 7.58. The van der Waals surface area contributed by atoms with Crippen LogP contribution in [0.1, 0.15) is 18.1 Å². The van der Waals surface area contributed by atoms with Gasteiger partial charge in [-0.05, 0) is 30.7 Å². The van der Waals surface area contributed by atoms with Crippen molar-refractivity contribution in [2.24, 2.45) is 0 Å². The summed E-state index contributed by atoms with van der Waals surface area (Å²) in [7, 11) is 1.55. The Kier molecular flexibility index (Phi) is 4.94. The Balaban J connectivity index is 1.44. The molecule has 9 heteroatoms. The molecule has 1 saturated heterocycles. The zero-order valence-corrected chi connectivity index (χ0v) is 16.6. The van der Waals surface area contributed by atoms with E-state index < -0.39 is 23.4 Å². The first-order valence-electron chi connectivity index (χ1n) is 9.35. The quantitative estimate of drug-likeness (QED) is 0.698. The Bertz CT molecular complexity index is 1020. The lowest BCUT2D eigenvalue weighted by Crippen LogP contribution is -2.43. The first-order valence-corrected chi connectivity index (χ1v) is 9.35. The van der Waals surface area contributed by atoms with Crippen molar-refractivity contribution in [3.8, 4) is 17.2 Å². The molecule has 0 unspecified atom stereocenters. The van der Waals surface area contributed by atoms with Crippen LogP contribution in [0.4, 0.5) is 4.79 Å². The van der Waals surface area contributed by atoms with Crippen LogP contribution in [0.3, 0.4) is 0 Å². The number of rotatable bonds is 6. The third kappa shape index (κ3) is 3.38. The molecule has 4 amide bonds. The summed E-state index contributed by atoms with van der Waals surface area (Å²) >= 11 is 0. The number of amides is 4. The van der Waals surface area contributed by atoms with Crippen LogP contribution in [-0.4, -0.2) is 43.2 Å². The summed E-state index contributed by atoms with van der Waals surface area (Å²) in [4.78, 5) is 38.8. The van der Waals surface area contributed by atoms with Gasteiger partial charge in [0.15, 0.2) is 11.5 Å². The van der Waals surface area contributed by atoms with E-state index in [9.17, 15) is 14.4 Å². The van der Waals surface area contributed by atoms with Crippen LogP contribution in [0.2, 0.25) is 0 Å². The van der Waals surface area contributed by atoms with Crippen LogP contribution in [0.15, 0.2) is 42.5 Å². The number of fused-ring (bicyclic) bond motifs is 1. The van der Waals surface area contributed by atoms with Crippen molar-refractivity contribution in [3.63, 3.8) is 0 Å². The van der Waals surface area contributed by atoms with Crippen molar-refractivity contribution < 1.29 is 28.6 Å². The van der Waals surface area contributed by atoms with Crippen LogP contribution in [0.25, 0.3) is 0 Å². The van der Waals surface area contributed by atoms with Gasteiger partial charge in [-0.15, -0.1) is 0 Å². The molecule has 1 atom stereocenters. The Hall–Kier alpha value is -3.75. The number of carbonyl (C=O) groups is 3. The highest BCUT2D eigenvalue weighted by molar-refractivity contribution is 6.09. The Morgan fingerprint density at radius 2 is 1.97 bits per heavy atom. The van der Waals surface area contributed by atoms with E-state index in [-0.39, 0.29) is 19.9 Å². The van der Waals surface area contributed by atoms with Crippen molar-refractivity contribution in [2.45, 2.75) is 19.0 Å². The average molecular weight is 411 g/mol. The Morgan fingerprint density at radius 3 is 2.77 bits per heavy atom. The molecule has 0 saturated carbocycles. The number of benzene rings is 2. The van der Waals surface area contributed by atoms with Crippen LogP contribution in [-0.2, 0) is 21.7 Å². The zero-order valence-electron chi connectivity index (χ0n) is 16.6. The van der Waals surface area contributed by atoms with Gasteiger partial charge in [-0.3, -0.25) is 14.5 Å². The van der Waals surface area contributed by atoms with Gasteiger partial charge in [0.25, 0.3) is 5.91 Å². The molecule has 1 fully saturated rings. The number of urea groups is 1. The molecular formula is C21H21N3O6. The summed E-state index contributed by atoms with van der Waals surface area (Å²) in [5.41, 5.74) is 0.0267. The second-order valence-electron chi connectivity index (χ2n) is 7.10. The topological polar surface area (TPSA) is 106 Å². The molecule has 2 aromatic rings. The second-order valence-corrected chi connectivity index (χ2v) is 7.10. The minimum atomic E-state index is -1.30. The van der Waals surface area contributed by atoms with E-state index in [0.29, 0.717) is 22.8 Å². The molecule has 2 aliphatic heterocycles. The van der Waals surface area contributed by atoms with E-state index in [1.807, 2.05) is 18.2 Å². The van der Waals surface area contributed by atoms with Crippen LogP contribution in [0, 0.1) is 0 Å². The first-order chi connectivity index (χ1) is 14.4. The lowest BCUT2D eigenvalue weighted by Gasteiger charge is -2.22. The van der Waals surface area contributed by atoms with E-state index in [1.165, 1.54) is 0 Å². The number of methoxy groups -OCH3 is 1. The molecule has 0 aliphatic carbocycles. The summed E-state index contributed by atoms with van der Waals surface area (Å²) in [6.07, 6.45) is 0. The molecular weight excluding hydrogens is 390 g/mol. The minimum absolute atomic E-state index is 0.105. The van der Waals surface area contributed by atoms with Gasteiger partial charge in [0.1, 0.15) is 17.8 Å². The smallest absolute Gasteiger partial charge is 0.325 e. The molecule has 4 rings (SSSR count). The minimum Gasteiger partial charge on any atom is -0.496 e. The maximum atomic E-state index is 13.0. The molecule has 0 aromatic heterocycles. The summed E-state index contributed by atoms with van der Waals surface area (Å²) in [5.74, 6) is 0.747. The predicted molar refractivity (Wildman–Crippen MR) is 105 cm³/mol. The summed E-state index contributed by atoms with van der Waals surface area (Å²) < 4.78 is 15.9. The van der Waals surface area contributed by atoms with Gasteiger partial charge >= 0.3 is 6.03 Å². The number of para-hydroxylation sites is 1. The number of nitrogens with zero attached hydrogens (tertiary/aromatic N) is 1. The van der Waals surface area contributed by atoms with Crippen molar-refractivity contribution >= 4 is 17.8 Å². The van der Waals surface area contributed by atoms with Gasteiger partial charge in [0, 0.05) is 12.1 Å². The van der Waals surface area contributed by atoms with Gasteiger partial charge < -0.3 is 24.8 Å². The monoisotopic (exact) mass is 411 g/mol. The maximum absolute atomic E-state index is 13.0. The number of imide groups is 1. The fourth-order valence-corrected chi connectivity index (χ4v) is 3.49. The largest absolute Gasteiger partial charge is 0.496 e. The zero-order chi connectivity index (χ0) is 21.3. The molecule has 9 nitrogen and oxygen atoms in total. The normalized spacial score (nSPS) is 19.6. The molecule has 0 spiro atoms. The number of ether oxygens (including phenoxy) is 3. The summed E-state index contributed by atoms with van der Waals surface area (Å²) in [6, 6.07) is 11.7. The van der Waals surface area contributed by atoms with Crippen molar-refractivity contribution in [1.29, 1.82) is 0 Å². The lowest BCUT2D eigenvalue weighted by atomic mass is 9.91. The first kappa shape index (κ1) is 19.6. The number of carbonyl (C=O) groups excluding carboxylic acids is 3. The molecule has 2 heterocycles. The predicted octanol–water partition coefficient (Wildman–Crippen LogP) is 1.51. The van der Waals surface area contributed by atoms with Crippen LogP contribution >= 0.6 is 0 Å². The van der Waals surface area contributed by atoms with Crippen LogP contribution in [0.5, 0.6) is 17.2 Å². The molecule has 30 heavy (non-hydrogen) atoms. The fourth-order valence-electron chi connectivity index (χ4n) is 3.49. The number of hydrogen-bond donors (Lipinski definition) is 2. The van der Waals surface area contributed by atoms with E-state index in [2.05, 4.69) is 10.6 Å². The summed E-state index contributed by atoms with van der Waals surface area (Å²) in [6.45, 7) is 1.53. The van der Waals surface area contributed by atoms with Gasteiger partial charge in [0.05, 0.1) is 7.11 Å². The molecule has 0 bridgehead atoms. The van der Waals surface area contributed by atoms with E-state index >= 15 is 0 Å². The third-order valence-electron chi connectivity index (χ3n) is 5.20. The molecule has 2 aliphatic rings. The Morgan fingerprint density at radius 1 is 1.20 bits per heavy atom. The Labute approximate surface area is 172 Å². The van der Waals surface area contributed by atoms with Gasteiger partial charge in [-0.25, -0.2) is 4.79 Å². The van der Waals surface area contributed by atoms with Crippen LogP contribution < -0.4 is 24.8 Å². The van der Waals surface area contributed by atoms with Gasteiger partial charge in [0.2, 0.25) is 12.7 Å². The number of hydrogen-bond acceptors (Lipinski definition) is 6. The lowest BCUT2D eigenvalue weighted by molar-refractivity contribution is -0.134. The van der Waals surface area contributed by atoms with Crippen molar-refractivity contribution in [1.82, 2.24) is 15.5 Å². The van der Waals surface area contributed by atoms with E-state index in [4.69, 9.17) is 14.2 Å². The van der Waals surface area contributed by atoms with Crippen molar-refractivity contribution in [3.05, 3.63) is 53.6 Å².